The van der Waals surface area contributed by atoms with Gasteiger partial charge in [0.05, 0.1) is 13.2 Å². The summed E-state index contributed by atoms with van der Waals surface area (Å²) in [5, 5.41) is 23.8. The molecular formula is C26H50O7. The molecule has 0 aliphatic heterocycles. The van der Waals surface area contributed by atoms with E-state index in [-0.39, 0.29) is 26.1 Å². The van der Waals surface area contributed by atoms with E-state index in [4.69, 9.17) is 20.1 Å². The topological polar surface area (TPSA) is 121 Å². The number of hydrogen-bond acceptors (Lipinski definition) is 6. The number of carbonyl (C=O) groups excluding carboxylic acids is 2. The molecule has 0 amide bonds. The number of aliphatic hydroxyl groups is 2. The third-order valence-corrected chi connectivity index (χ3v) is 5.33. The first-order chi connectivity index (χ1) is 16.0. The van der Waals surface area contributed by atoms with Gasteiger partial charge in [0.1, 0.15) is 0 Å². The van der Waals surface area contributed by atoms with Crippen LogP contribution in [0.15, 0.2) is 0 Å². The Labute approximate surface area is 201 Å². The van der Waals surface area contributed by atoms with Crippen LogP contribution in [0, 0.1) is 0 Å². The summed E-state index contributed by atoms with van der Waals surface area (Å²) >= 11 is 0. The van der Waals surface area contributed by atoms with Crippen molar-refractivity contribution in [1.29, 1.82) is 0 Å². The van der Waals surface area contributed by atoms with Crippen LogP contribution in [-0.4, -0.2) is 46.4 Å². The maximum atomic E-state index is 11.6. The van der Waals surface area contributed by atoms with E-state index < -0.39 is 17.9 Å². The van der Waals surface area contributed by atoms with Gasteiger partial charge >= 0.3 is 17.9 Å². The number of unbranched alkanes of at least 4 members (excludes halogenated alkanes) is 15. The van der Waals surface area contributed by atoms with E-state index in [2.05, 4.69) is 6.92 Å². The Morgan fingerprint density at radius 1 is 0.515 bits per heavy atom. The molecule has 0 aromatic carbocycles. The largest absolute Gasteiger partial charge is 0.481 e. The smallest absolute Gasteiger partial charge is 0.313 e. The van der Waals surface area contributed by atoms with Crippen molar-refractivity contribution in [3.63, 3.8) is 0 Å². The fraction of sp³-hybridized carbons (Fsp3) is 0.885. The molecule has 7 heteroatoms. The Kier molecular flexibility index (Phi) is 29.2. The minimum absolute atomic E-state index is 0.0420. The van der Waals surface area contributed by atoms with Gasteiger partial charge in [-0.3, -0.25) is 14.4 Å². The fourth-order valence-corrected chi connectivity index (χ4v) is 3.42. The van der Waals surface area contributed by atoms with Crippen molar-refractivity contribution in [1.82, 2.24) is 0 Å². The molecule has 0 saturated carbocycles. The molecule has 0 heterocycles. The first-order valence-electron chi connectivity index (χ1n) is 13.1. The Bertz CT molecular complexity index is 450. The lowest BCUT2D eigenvalue weighted by Gasteiger charge is -2.04. The minimum atomic E-state index is -0.873. The van der Waals surface area contributed by atoms with Gasteiger partial charge in [-0.1, -0.05) is 96.8 Å². The third-order valence-electron chi connectivity index (χ3n) is 5.33. The predicted octanol–water partition coefficient (Wildman–Crippen LogP) is 5.93. The van der Waals surface area contributed by atoms with Gasteiger partial charge in [-0.25, -0.2) is 0 Å². The maximum Gasteiger partial charge on any atom is 0.313 e. The monoisotopic (exact) mass is 474 g/mol. The van der Waals surface area contributed by atoms with Crippen molar-refractivity contribution in [2.24, 2.45) is 0 Å². The number of carboxylic acids is 1. The molecule has 7 nitrogen and oxygen atoms in total. The summed E-state index contributed by atoms with van der Waals surface area (Å²) in [5.41, 5.74) is 0. The van der Waals surface area contributed by atoms with Gasteiger partial charge < -0.3 is 20.1 Å². The summed E-state index contributed by atoms with van der Waals surface area (Å²) in [5.74, 6) is -1.87. The highest BCUT2D eigenvalue weighted by Gasteiger charge is 2.10. The lowest BCUT2D eigenvalue weighted by Crippen LogP contribution is -2.12. The summed E-state index contributed by atoms with van der Waals surface area (Å²) in [6.45, 7) is 2.01. The van der Waals surface area contributed by atoms with Gasteiger partial charge in [-0.05, 0) is 19.3 Å². The number of carboxylic acid groups (broad SMARTS) is 1. The Morgan fingerprint density at radius 2 is 0.818 bits per heavy atom. The van der Waals surface area contributed by atoms with Gasteiger partial charge in [0, 0.05) is 19.3 Å². The molecule has 0 spiro atoms. The van der Waals surface area contributed by atoms with Crippen LogP contribution in [0.1, 0.15) is 135 Å². The van der Waals surface area contributed by atoms with Crippen molar-refractivity contribution >= 4 is 17.9 Å². The molecular weight excluding hydrogens is 424 g/mol. The van der Waals surface area contributed by atoms with Crippen molar-refractivity contribution in [2.45, 2.75) is 135 Å². The minimum Gasteiger partial charge on any atom is -0.481 e. The van der Waals surface area contributed by atoms with E-state index in [1.165, 1.54) is 77.0 Å². The zero-order valence-corrected chi connectivity index (χ0v) is 21.0. The zero-order valence-electron chi connectivity index (χ0n) is 21.0. The predicted molar refractivity (Wildman–Crippen MR) is 131 cm³/mol. The van der Waals surface area contributed by atoms with Crippen molar-refractivity contribution in [2.75, 3.05) is 13.2 Å². The molecule has 0 rings (SSSR count). The summed E-state index contributed by atoms with van der Waals surface area (Å²) in [7, 11) is 0. The number of hydrogen-bond donors (Lipinski definition) is 3. The highest BCUT2D eigenvalue weighted by Crippen LogP contribution is 2.14. The molecule has 33 heavy (non-hydrogen) atoms. The number of carbonyl (C=O) groups is 3. The van der Waals surface area contributed by atoms with Crippen LogP contribution in [0.3, 0.4) is 0 Å². The number of aliphatic hydroxyl groups excluding tert-OH is 2. The highest BCUT2D eigenvalue weighted by atomic mass is 16.6. The van der Waals surface area contributed by atoms with E-state index in [0.29, 0.717) is 19.3 Å². The molecule has 0 radical (unpaired) electrons. The number of esters is 2. The van der Waals surface area contributed by atoms with Gasteiger partial charge in [-0.2, -0.15) is 0 Å². The second-order valence-corrected chi connectivity index (χ2v) is 8.59. The summed E-state index contributed by atoms with van der Waals surface area (Å²) < 4.78 is 4.75. The average Bonchev–Trinajstić information content (AvgIpc) is 2.79. The molecule has 0 saturated heterocycles. The van der Waals surface area contributed by atoms with Crippen molar-refractivity contribution < 1.29 is 34.4 Å². The Hall–Kier alpha value is -1.47. The van der Waals surface area contributed by atoms with Crippen LogP contribution in [0.4, 0.5) is 0 Å². The van der Waals surface area contributed by atoms with E-state index in [0.717, 1.165) is 19.3 Å². The first-order valence-corrected chi connectivity index (χ1v) is 13.1. The normalized spacial score (nSPS) is 10.4. The van der Waals surface area contributed by atoms with E-state index in [1.54, 1.807) is 0 Å². The second-order valence-electron chi connectivity index (χ2n) is 8.59. The summed E-state index contributed by atoms with van der Waals surface area (Å²) in [6.07, 6.45) is 20.4. The second kappa shape index (κ2) is 28.6. The molecule has 0 aliphatic rings. The zero-order chi connectivity index (χ0) is 25.0. The molecule has 3 N–H and O–H groups in total. The van der Waals surface area contributed by atoms with Crippen LogP contribution >= 0.6 is 0 Å². The molecule has 196 valence electrons. The standard InChI is InChI=1S/C24H44O5.C2H6O2/c1-2-3-4-5-6-7-8-9-10-11-12-13-14-15-16-20-23(27)29-24(28)21-18-17-19-22(25)26;3-1-2-4/h2-21H2,1H3,(H,25,26);3-4H,1-2H2. The van der Waals surface area contributed by atoms with Crippen molar-refractivity contribution in [3.8, 4) is 0 Å². The Balaban J connectivity index is 0. The summed E-state index contributed by atoms with van der Waals surface area (Å²) in [4.78, 5) is 33.4. The number of ether oxygens (including phenoxy) is 1. The van der Waals surface area contributed by atoms with Crippen LogP contribution in [0.2, 0.25) is 0 Å². The van der Waals surface area contributed by atoms with Crippen molar-refractivity contribution in [3.05, 3.63) is 0 Å². The quantitative estimate of drug-likeness (QED) is 0.101. The maximum absolute atomic E-state index is 11.6. The Morgan fingerprint density at radius 3 is 1.15 bits per heavy atom. The van der Waals surface area contributed by atoms with Crippen LogP contribution in [-0.2, 0) is 19.1 Å². The van der Waals surface area contributed by atoms with Gasteiger partial charge in [0.15, 0.2) is 0 Å². The third kappa shape index (κ3) is 32.8. The molecule has 0 fully saturated rings. The van der Waals surface area contributed by atoms with Crippen LogP contribution in [0.25, 0.3) is 0 Å². The summed E-state index contributed by atoms with van der Waals surface area (Å²) in [6, 6.07) is 0. The first kappa shape index (κ1) is 33.7. The molecule has 0 aromatic rings. The number of aliphatic carboxylic acids is 1. The fourth-order valence-electron chi connectivity index (χ4n) is 3.42. The molecule has 0 aromatic heterocycles. The molecule has 0 atom stereocenters. The van der Waals surface area contributed by atoms with Gasteiger partial charge in [0.25, 0.3) is 0 Å². The molecule has 0 unspecified atom stereocenters. The van der Waals surface area contributed by atoms with Crippen LogP contribution < -0.4 is 0 Å². The van der Waals surface area contributed by atoms with Crippen LogP contribution in [0.5, 0.6) is 0 Å². The average molecular weight is 475 g/mol. The van der Waals surface area contributed by atoms with E-state index in [9.17, 15) is 14.4 Å². The van der Waals surface area contributed by atoms with Gasteiger partial charge in [-0.15, -0.1) is 0 Å². The lowest BCUT2D eigenvalue weighted by molar-refractivity contribution is -0.160. The number of rotatable bonds is 22. The highest BCUT2D eigenvalue weighted by molar-refractivity contribution is 5.85. The SMILES string of the molecule is CCCCCCCCCCCCCCCCCC(=O)OC(=O)CCCCC(=O)O.OCCO. The molecule has 0 aliphatic carbocycles. The molecule has 0 bridgehead atoms. The van der Waals surface area contributed by atoms with E-state index >= 15 is 0 Å². The van der Waals surface area contributed by atoms with Gasteiger partial charge in [0.2, 0.25) is 0 Å². The van der Waals surface area contributed by atoms with E-state index in [1.807, 2.05) is 0 Å². The lowest BCUT2D eigenvalue weighted by atomic mass is 10.0.